The predicted molar refractivity (Wildman–Crippen MR) is 84.3 cm³/mol. The van der Waals surface area contributed by atoms with Gasteiger partial charge in [-0.15, -0.1) is 0 Å². The fraction of sp³-hybridized carbons (Fsp3) is 0.167. The quantitative estimate of drug-likeness (QED) is 0.666. The summed E-state index contributed by atoms with van der Waals surface area (Å²) in [5.41, 5.74) is 1.57. The van der Waals surface area contributed by atoms with Crippen LogP contribution in [0.3, 0.4) is 0 Å². The Morgan fingerprint density at radius 1 is 1.23 bits per heavy atom. The van der Waals surface area contributed by atoms with Gasteiger partial charge in [-0.05, 0) is 54.8 Å². The summed E-state index contributed by atoms with van der Waals surface area (Å²) in [4.78, 5) is 11.5. The van der Waals surface area contributed by atoms with E-state index in [-0.39, 0.29) is 5.57 Å². The molecule has 0 saturated heterocycles. The zero-order valence-electron chi connectivity index (χ0n) is 12.5. The van der Waals surface area contributed by atoms with Crippen LogP contribution < -0.4 is 4.74 Å². The Bertz CT molecular complexity index is 703. The second-order valence-corrected chi connectivity index (χ2v) is 4.83. The minimum Gasteiger partial charge on any atom is -0.494 e. The van der Waals surface area contributed by atoms with E-state index >= 15 is 0 Å². The monoisotopic (exact) mass is 300 g/mol. The SMILES string of the molecule is CCOc1ccc(/C=C(\C(=O)O)c2ccc(C)c(F)c2)cc1. The number of aryl methyl sites for hydroxylation is 1. The van der Waals surface area contributed by atoms with Crippen molar-refractivity contribution in [3.05, 3.63) is 65.0 Å². The third kappa shape index (κ3) is 3.73. The lowest BCUT2D eigenvalue weighted by Gasteiger charge is -2.06. The molecule has 0 amide bonds. The first-order valence-electron chi connectivity index (χ1n) is 6.95. The van der Waals surface area contributed by atoms with Crippen molar-refractivity contribution in [3.8, 4) is 5.75 Å². The molecular weight excluding hydrogens is 283 g/mol. The van der Waals surface area contributed by atoms with Crippen LogP contribution in [0.1, 0.15) is 23.6 Å². The highest BCUT2D eigenvalue weighted by atomic mass is 19.1. The van der Waals surface area contributed by atoms with Crippen LogP contribution in [0.5, 0.6) is 5.75 Å². The normalized spacial score (nSPS) is 11.3. The van der Waals surface area contributed by atoms with Crippen molar-refractivity contribution in [2.45, 2.75) is 13.8 Å². The van der Waals surface area contributed by atoms with Crippen molar-refractivity contribution in [2.75, 3.05) is 6.61 Å². The minimum atomic E-state index is -1.10. The number of carbonyl (C=O) groups is 1. The van der Waals surface area contributed by atoms with E-state index in [1.54, 1.807) is 43.3 Å². The van der Waals surface area contributed by atoms with E-state index in [4.69, 9.17) is 4.74 Å². The molecule has 0 saturated carbocycles. The molecule has 0 spiro atoms. The Kier molecular flexibility index (Phi) is 4.94. The van der Waals surface area contributed by atoms with Crippen molar-refractivity contribution in [1.82, 2.24) is 0 Å². The summed E-state index contributed by atoms with van der Waals surface area (Å²) in [7, 11) is 0. The van der Waals surface area contributed by atoms with Gasteiger partial charge in [-0.1, -0.05) is 24.3 Å². The highest BCUT2D eigenvalue weighted by Gasteiger charge is 2.12. The minimum absolute atomic E-state index is 0.0445. The molecule has 114 valence electrons. The average molecular weight is 300 g/mol. The standard InChI is InChI=1S/C18H17FO3/c1-3-22-15-8-5-13(6-9-15)10-16(18(20)21)14-7-4-12(2)17(19)11-14/h4-11H,3H2,1-2H3,(H,20,21)/b16-10-. The van der Waals surface area contributed by atoms with Gasteiger partial charge in [-0.3, -0.25) is 0 Å². The molecule has 0 heterocycles. The molecule has 0 aliphatic rings. The van der Waals surface area contributed by atoms with Gasteiger partial charge in [-0.25, -0.2) is 9.18 Å². The number of halogens is 1. The predicted octanol–water partition coefficient (Wildman–Crippen LogP) is 4.16. The zero-order valence-corrected chi connectivity index (χ0v) is 12.5. The van der Waals surface area contributed by atoms with Gasteiger partial charge in [0, 0.05) is 0 Å². The Morgan fingerprint density at radius 3 is 2.45 bits per heavy atom. The molecule has 2 aromatic carbocycles. The molecule has 2 rings (SSSR count). The number of carboxylic acid groups (broad SMARTS) is 1. The number of hydrogen-bond acceptors (Lipinski definition) is 2. The van der Waals surface area contributed by atoms with Gasteiger partial charge in [-0.2, -0.15) is 0 Å². The lowest BCUT2D eigenvalue weighted by molar-refractivity contribution is -0.130. The van der Waals surface area contributed by atoms with E-state index in [1.165, 1.54) is 12.1 Å². The van der Waals surface area contributed by atoms with Gasteiger partial charge in [0.1, 0.15) is 11.6 Å². The van der Waals surface area contributed by atoms with Gasteiger partial charge in [0.05, 0.1) is 12.2 Å². The van der Waals surface area contributed by atoms with E-state index in [0.717, 1.165) is 5.75 Å². The van der Waals surface area contributed by atoms with Gasteiger partial charge < -0.3 is 9.84 Å². The summed E-state index contributed by atoms with van der Waals surface area (Å²) in [5.74, 6) is -0.800. The molecule has 3 nitrogen and oxygen atoms in total. The number of ether oxygens (including phenoxy) is 1. The number of rotatable bonds is 5. The topological polar surface area (TPSA) is 46.5 Å². The Hall–Kier alpha value is -2.62. The number of benzene rings is 2. The van der Waals surface area contributed by atoms with E-state index < -0.39 is 11.8 Å². The van der Waals surface area contributed by atoms with Gasteiger partial charge >= 0.3 is 5.97 Å². The summed E-state index contributed by atoms with van der Waals surface area (Å²) in [6, 6.07) is 11.5. The second kappa shape index (κ2) is 6.89. The highest BCUT2D eigenvalue weighted by Crippen LogP contribution is 2.22. The van der Waals surface area contributed by atoms with Crippen molar-refractivity contribution in [3.63, 3.8) is 0 Å². The maximum atomic E-state index is 13.6. The molecule has 22 heavy (non-hydrogen) atoms. The molecule has 0 aliphatic heterocycles. The Labute approximate surface area is 128 Å². The molecular formula is C18H17FO3. The molecule has 0 unspecified atom stereocenters. The molecule has 0 aliphatic carbocycles. The lowest BCUT2D eigenvalue weighted by atomic mass is 10.0. The first-order chi connectivity index (χ1) is 10.5. The van der Waals surface area contributed by atoms with Crippen LogP contribution in [-0.2, 0) is 4.79 Å². The largest absolute Gasteiger partial charge is 0.494 e. The molecule has 0 aromatic heterocycles. The smallest absolute Gasteiger partial charge is 0.336 e. The van der Waals surface area contributed by atoms with Crippen molar-refractivity contribution >= 4 is 17.6 Å². The zero-order chi connectivity index (χ0) is 16.1. The van der Waals surface area contributed by atoms with Crippen LogP contribution in [0, 0.1) is 12.7 Å². The van der Waals surface area contributed by atoms with Gasteiger partial charge in [0.15, 0.2) is 0 Å². The number of aliphatic carboxylic acids is 1. The number of hydrogen-bond donors (Lipinski definition) is 1. The Morgan fingerprint density at radius 2 is 1.91 bits per heavy atom. The summed E-state index contributed by atoms with van der Waals surface area (Å²) >= 11 is 0. The molecule has 0 bridgehead atoms. The van der Waals surface area contributed by atoms with Crippen LogP contribution in [0.15, 0.2) is 42.5 Å². The molecule has 2 aromatic rings. The van der Waals surface area contributed by atoms with Gasteiger partial charge in [0.25, 0.3) is 0 Å². The summed E-state index contributed by atoms with van der Waals surface area (Å²) in [6.07, 6.45) is 1.52. The summed E-state index contributed by atoms with van der Waals surface area (Å²) in [5, 5.41) is 9.37. The third-order valence-electron chi connectivity index (χ3n) is 3.22. The van der Waals surface area contributed by atoms with Crippen molar-refractivity contribution in [2.24, 2.45) is 0 Å². The van der Waals surface area contributed by atoms with Crippen LogP contribution in [0.25, 0.3) is 11.6 Å². The molecule has 0 radical (unpaired) electrons. The van der Waals surface area contributed by atoms with Crippen LogP contribution in [0.2, 0.25) is 0 Å². The first kappa shape index (κ1) is 15.8. The summed E-state index contributed by atoms with van der Waals surface area (Å²) in [6.45, 7) is 4.09. The molecule has 1 N–H and O–H groups in total. The average Bonchev–Trinajstić information content (AvgIpc) is 2.49. The van der Waals surface area contributed by atoms with Crippen LogP contribution in [0.4, 0.5) is 4.39 Å². The van der Waals surface area contributed by atoms with E-state index in [1.807, 2.05) is 6.92 Å². The van der Waals surface area contributed by atoms with Gasteiger partial charge in [0.2, 0.25) is 0 Å². The van der Waals surface area contributed by atoms with E-state index in [2.05, 4.69) is 0 Å². The van der Waals surface area contributed by atoms with Crippen molar-refractivity contribution in [1.29, 1.82) is 0 Å². The third-order valence-corrected chi connectivity index (χ3v) is 3.22. The maximum absolute atomic E-state index is 13.6. The summed E-state index contributed by atoms with van der Waals surface area (Å²) < 4.78 is 19.0. The fourth-order valence-electron chi connectivity index (χ4n) is 2.02. The van der Waals surface area contributed by atoms with Crippen molar-refractivity contribution < 1.29 is 19.0 Å². The molecule has 0 atom stereocenters. The molecule has 0 fully saturated rings. The van der Waals surface area contributed by atoms with Crippen LogP contribution >= 0.6 is 0 Å². The first-order valence-corrected chi connectivity index (χ1v) is 6.95. The molecule has 4 heteroatoms. The van der Waals surface area contributed by atoms with E-state index in [0.29, 0.717) is 23.3 Å². The maximum Gasteiger partial charge on any atom is 0.336 e. The van der Waals surface area contributed by atoms with E-state index in [9.17, 15) is 14.3 Å². The highest BCUT2D eigenvalue weighted by molar-refractivity contribution is 6.20. The lowest BCUT2D eigenvalue weighted by Crippen LogP contribution is -2.00. The number of carboxylic acids is 1. The second-order valence-electron chi connectivity index (χ2n) is 4.83. The van der Waals surface area contributed by atoms with Crippen LogP contribution in [-0.4, -0.2) is 17.7 Å². The Balaban J connectivity index is 2.38. The fourth-order valence-corrected chi connectivity index (χ4v) is 2.02.